The molecule has 1 aliphatic heterocycles. The second-order valence-corrected chi connectivity index (χ2v) is 8.66. The summed E-state index contributed by atoms with van der Waals surface area (Å²) < 4.78 is 40.4. The van der Waals surface area contributed by atoms with Gasteiger partial charge in [0, 0.05) is 51.0 Å². The van der Waals surface area contributed by atoms with Gasteiger partial charge in [-0.05, 0) is 38.1 Å². The Labute approximate surface area is 211 Å². The van der Waals surface area contributed by atoms with Gasteiger partial charge in [0.05, 0.1) is 15.6 Å². The Balaban J connectivity index is 1.65. The molecule has 2 aromatic heterocycles. The molecule has 7 nitrogen and oxygen atoms in total. The number of halogens is 5. The van der Waals surface area contributed by atoms with Gasteiger partial charge < -0.3 is 14.7 Å². The van der Waals surface area contributed by atoms with Crippen molar-refractivity contribution in [1.82, 2.24) is 19.9 Å². The Bertz CT molecular complexity index is 1180. The summed E-state index contributed by atoms with van der Waals surface area (Å²) in [6.45, 7) is 6.88. The molecular weight excluding hydrogens is 502 g/mol. The van der Waals surface area contributed by atoms with Gasteiger partial charge in [0.15, 0.2) is 5.82 Å². The third kappa shape index (κ3) is 5.38. The van der Waals surface area contributed by atoms with E-state index in [-0.39, 0.29) is 5.82 Å². The van der Waals surface area contributed by atoms with Crippen molar-refractivity contribution in [3.8, 4) is 11.4 Å². The largest absolute Gasteiger partial charge is 0.419 e. The van der Waals surface area contributed by atoms with Crippen LogP contribution in [0, 0.1) is 0 Å². The van der Waals surface area contributed by atoms with Gasteiger partial charge in [-0.2, -0.15) is 28.1 Å². The maximum absolute atomic E-state index is 13.5. The van der Waals surface area contributed by atoms with E-state index in [4.69, 9.17) is 23.2 Å². The topological polar surface area (TPSA) is 61.3 Å². The zero-order valence-electron chi connectivity index (χ0n) is 19.2. The van der Waals surface area contributed by atoms with E-state index in [0.717, 1.165) is 6.07 Å². The highest BCUT2D eigenvalue weighted by Crippen LogP contribution is 2.36. The first-order valence-electron chi connectivity index (χ1n) is 11.2. The molecule has 0 radical (unpaired) electrons. The second-order valence-electron chi connectivity index (χ2n) is 7.88. The van der Waals surface area contributed by atoms with Crippen molar-refractivity contribution in [2.45, 2.75) is 20.0 Å². The van der Waals surface area contributed by atoms with E-state index in [1.54, 1.807) is 23.1 Å². The third-order valence-corrected chi connectivity index (χ3v) is 6.62. The highest BCUT2D eigenvalue weighted by Gasteiger charge is 2.36. The summed E-state index contributed by atoms with van der Waals surface area (Å²) in [5.41, 5.74) is -0.159. The molecule has 1 saturated heterocycles. The lowest BCUT2D eigenvalue weighted by atomic mass is 10.2. The minimum absolute atomic E-state index is 0.0643. The summed E-state index contributed by atoms with van der Waals surface area (Å²) in [5.74, 6) is 1.25. The number of pyridine rings is 1. The van der Waals surface area contributed by atoms with Gasteiger partial charge in [-0.1, -0.05) is 29.3 Å². The fourth-order valence-corrected chi connectivity index (χ4v) is 4.31. The average Bonchev–Trinajstić information content (AvgIpc) is 2.86. The molecule has 0 saturated carbocycles. The van der Waals surface area contributed by atoms with Crippen molar-refractivity contribution in [3.05, 3.63) is 52.1 Å². The van der Waals surface area contributed by atoms with Crippen LogP contribution >= 0.6 is 23.2 Å². The second kappa shape index (κ2) is 10.4. The molecule has 0 aliphatic carbocycles. The molecule has 0 spiro atoms. The average molecular weight is 526 g/mol. The lowest BCUT2D eigenvalue weighted by Crippen LogP contribution is -2.48. The van der Waals surface area contributed by atoms with Crippen LogP contribution in [0.5, 0.6) is 0 Å². The van der Waals surface area contributed by atoms with Crippen LogP contribution in [0.1, 0.15) is 19.4 Å². The number of rotatable bonds is 6. The molecule has 0 atom stereocenters. The zero-order chi connectivity index (χ0) is 25.2. The number of benzene rings is 1. The van der Waals surface area contributed by atoms with Gasteiger partial charge in [0.25, 0.3) is 0 Å². The van der Waals surface area contributed by atoms with E-state index in [1.807, 2.05) is 23.6 Å². The SMILES string of the molecule is CCN(CC)c1nc(-c2cccc(Cl)c2Cl)nc(N2CCN(c3ncccc3C(F)(F)F)CC2)n1. The molecule has 3 aromatic rings. The summed E-state index contributed by atoms with van der Waals surface area (Å²) in [6.07, 6.45) is -3.10. The predicted octanol–water partition coefficient (Wildman–Crippen LogP) is 5.43. The first-order valence-corrected chi connectivity index (χ1v) is 12.0. The molecule has 4 rings (SSSR count). The van der Waals surface area contributed by atoms with Crippen LogP contribution in [-0.2, 0) is 6.18 Å². The molecule has 1 aromatic carbocycles. The standard InChI is InChI=1S/C23H24Cl2F3N7/c1-3-33(4-2)21-30-19(15-7-5-9-17(24)18(15)25)31-22(32-21)35-13-11-34(12-14-35)20-16(23(26,27)28)8-6-10-29-20/h5-10H,3-4,11-14H2,1-2H3. The van der Waals surface area contributed by atoms with Crippen LogP contribution in [0.3, 0.4) is 0 Å². The maximum Gasteiger partial charge on any atom is 0.419 e. The monoisotopic (exact) mass is 525 g/mol. The molecule has 35 heavy (non-hydrogen) atoms. The van der Waals surface area contributed by atoms with Crippen LogP contribution in [0.4, 0.5) is 30.9 Å². The first-order chi connectivity index (χ1) is 16.7. The minimum Gasteiger partial charge on any atom is -0.353 e. The van der Waals surface area contributed by atoms with E-state index in [1.165, 1.54) is 12.3 Å². The van der Waals surface area contributed by atoms with Gasteiger partial charge in [-0.3, -0.25) is 0 Å². The first kappa shape index (κ1) is 25.2. The number of alkyl halides is 3. The summed E-state index contributed by atoms with van der Waals surface area (Å²) >= 11 is 12.7. The molecule has 1 aliphatic rings. The Kier molecular flexibility index (Phi) is 7.51. The quantitative estimate of drug-likeness (QED) is 0.425. The third-order valence-electron chi connectivity index (χ3n) is 5.80. The Morgan fingerprint density at radius 1 is 0.914 bits per heavy atom. The van der Waals surface area contributed by atoms with E-state index < -0.39 is 11.7 Å². The van der Waals surface area contributed by atoms with Gasteiger partial charge in [-0.25, -0.2) is 4.98 Å². The number of piperazine rings is 1. The Hall–Kier alpha value is -2.85. The fraction of sp³-hybridized carbons (Fsp3) is 0.391. The van der Waals surface area contributed by atoms with Gasteiger partial charge >= 0.3 is 6.18 Å². The molecule has 186 valence electrons. The number of anilines is 3. The van der Waals surface area contributed by atoms with Crippen molar-refractivity contribution in [2.24, 2.45) is 0 Å². The molecule has 0 bridgehead atoms. The van der Waals surface area contributed by atoms with E-state index >= 15 is 0 Å². The highest BCUT2D eigenvalue weighted by atomic mass is 35.5. The number of nitrogens with zero attached hydrogens (tertiary/aromatic N) is 7. The van der Waals surface area contributed by atoms with Crippen molar-refractivity contribution in [1.29, 1.82) is 0 Å². The van der Waals surface area contributed by atoms with Crippen molar-refractivity contribution in [3.63, 3.8) is 0 Å². The van der Waals surface area contributed by atoms with Gasteiger partial charge in [0.2, 0.25) is 11.9 Å². The Morgan fingerprint density at radius 2 is 1.60 bits per heavy atom. The van der Waals surface area contributed by atoms with Crippen molar-refractivity contribution >= 4 is 40.9 Å². The normalized spacial score (nSPS) is 14.4. The van der Waals surface area contributed by atoms with Crippen molar-refractivity contribution in [2.75, 3.05) is 54.0 Å². The van der Waals surface area contributed by atoms with E-state index in [2.05, 4.69) is 19.9 Å². The molecule has 0 N–H and O–H groups in total. The number of hydrogen-bond donors (Lipinski definition) is 0. The Morgan fingerprint density at radius 3 is 2.26 bits per heavy atom. The van der Waals surface area contributed by atoms with E-state index in [0.29, 0.717) is 72.6 Å². The lowest BCUT2D eigenvalue weighted by Gasteiger charge is -2.36. The molecular formula is C23H24Cl2F3N7. The molecule has 12 heteroatoms. The summed E-state index contributed by atoms with van der Waals surface area (Å²) in [5, 5.41) is 0.733. The minimum atomic E-state index is -4.47. The van der Waals surface area contributed by atoms with Crippen molar-refractivity contribution < 1.29 is 13.2 Å². The lowest BCUT2D eigenvalue weighted by molar-refractivity contribution is -0.137. The van der Waals surface area contributed by atoms with Gasteiger partial charge in [-0.15, -0.1) is 0 Å². The molecule has 3 heterocycles. The van der Waals surface area contributed by atoms with E-state index in [9.17, 15) is 13.2 Å². The van der Waals surface area contributed by atoms with Crippen LogP contribution in [0.2, 0.25) is 10.0 Å². The molecule has 0 amide bonds. The molecule has 0 unspecified atom stereocenters. The zero-order valence-corrected chi connectivity index (χ0v) is 20.7. The van der Waals surface area contributed by atoms with Crippen LogP contribution in [-0.4, -0.2) is 59.2 Å². The maximum atomic E-state index is 13.5. The summed E-state index contributed by atoms with van der Waals surface area (Å²) in [6, 6.07) is 7.60. The number of aromatic nitrogens is 4. The molecule has 1 fully saturated rings. The number of hydrogen-bond acceptors (Lipinski definition) is 7. The summed E-state index contributed by atoms with van der Waals surface area (Å²) in [7, 11) is 0. The smallest absolute Gasteiger partial charge is 0.353 e. The predicted molar refractivity (Wildman–Crippen MR) is 133 cm³/mol. The van der Waals surface area contributed by atoms with Crippen LogP contribution in [0.15, 0.2) is 36.5 Å². The highest BCUT2D eigenvalue weighted by molar-refractivity contribution is 6.43. The van der Waals surface area contributed by atoms with Crippen LogP contribution in [0.25, 0.3) is 11.4 Å². The van der Waals surface area contributed by atoms with Gasteiger partial charge in [0.1, 0.15) is 5.82 Å². The van der Waals surface area contributed by atoms with Crippen LogP contribution < -0.4 is 14.7 Å². The summed E-state index contributed by atoms with van der Waals surface area (Å²) in [4.78, 5) is 23.5. The fourth-order valence-electron chi connectivity index (χ4n) is 3.93.